The van der Waals surface area contributed by atoms with Gasteiger partial charge >= 0.3 is 6.09 Å². The van der Waals surface area contributed by atoms with E-state index in [1.54, 1.807) is 27.0 Å². The number of hydrogen-bond donors (Lipinski definition) is 2. The van der Waals surface area contributed by atoms with E-state index in [4.69, 9.17) is 20.5 Å². The van der Waals surface area contributed by atoms with Crippen molar-refractivity contribution in [3.05, 3.63) is 34.7 Å². The van der Waals surface area contributed by atoms with Crippen LogP contribution in [0.4, 0.5) is 9.18 Å². The summed E-state index contributed by atoms with van der Waals surface area (Å²) < 4.78 is 46.8. The van der Waals surface area contributed by atoms with Gasteiger partial charge in [-0.2, -0.15) is 8.42 Å². The molecule has 2 N–H and O–H groups in total. The lowest BCUT2D eigenvalue weighted by Gasteiger charge is -2.23. The molecule has 1 heterocycles. The SMILES string of the molecule is CC(C)(C)OC(=O)N[C@H](Cc1c[nH]c2cc(Cl)c(F)cc12)OS(C)(=O)=O. The maximum absolute atomic E-state index is 13.7. The van der Waals surface area contributed by atoms with Crippen LogP contribution in [-0.4, -0.2) is 37.6 Å². The zero-order chi connectivity index (χ0) is 19.7. The van der Waals surface area contributed by atoms with E-state index in [0.717, 1.165) is 6.26 Å². The molecule has 144 valence electrons. The highest BCUT2D eigenvalue weighted by molar-refractivity contribution is 7.86. The minimum absolute atomic E-state index is 0.0343. The van der Waals surface area contributed by atoms with Crippen LogP contribution in [0.5, 0.6) is 0 Å². The van der Waals surface area contributed by atoms with Crippen LogP contribution < -0.4 is 5.32 Å². The Morgan fingerprint density at radius 1 is 1.38 bits per heavy atom. The van der Waals surface area contributed by atoms with Gasteiger partial charge in [0.05, 0.1) is 11.3 Å². The smallest absolute Gasteiger partial charge is 0.409 e. The summed E-state index contributed by atoms with van der Waals surface area (Å²) in [6.07, 6.45) is 0.340. The Morgan fingerprint density at radius 3 is 2.62 bits per heavy atom. The normalized spacial score (nSPS) is 13.6. The third-order valence-electron chi connectivity index (χ3n) is 3.18. The summed E-state index contributed by atoms with van der Waals surface area (Å²) in [4.78, 5) is 14.9. The lowest BCUT2D eigenvalue weighted by molar-refractivity contribution is 0.0405. The van der Waals surface area contributed by atoms with E-state index < -0.39 is 33.9 Å². The second kappa shape index (κ2) is 7.42. The predicted octanol–water partition coefficient (Wildman–Crippen LogP) is 3.33. The van der Waals surface area contributed by atoms with Crippen LogP contribution in [-0.2, 0) is 25.5 Å². The van der Waals surface area contributed by atoms with Crippen LogP contribution in [0.3, 0.4) is 0 Å². The fraction of sp³-hybridized carbons (Fsp3) is 0.438. The highest BCUT2D eigenvalue weighted by Gasteiger charge is 2.24. The fourth-order valence-corrected chi connectivity index (χ4v) is 3.00. The molecule has 1 aromatic heterocycles. The molecule has 1 amide bonds. The summed E-state index contributed by atoms with van der Waals surface area (Å²) in [6, 6.07) is 2.65. The predicted molar refractivity (Wildman–Crippen MR) is 96.1 cm³/mol. The Labute approximate surface area is 155 Å². The number of halogens is 2. The highest BCUT2D eigenvalue weighted by Crippen LogP contribution is 2.26. The zero-order valence-corrected chi connectivity index (χ0v) is 16.3. The zero-order valence-electron chi connectivity index (χ0n) is 14.7. The molecule has 0 aliphatic carbocycles. The molecule has 0 radical (unpaired) electrons. The van der Waals surface area contributed by atoms with E-state index in [1.165, 1.54) is 12.1 Å². The monoisotopic (exact) mass is 406 g/mol. The van der Waals surface area contributed by atoms with E-state index in [9.17, 15) is 17.6 Å². The average molecular weight is 407 g/mol. The van der Waals surface area contributed by atoms with Crippen LogP contribution in [0.1, 0.15) is 26.3 Å². The average Bonchev–Trinajstić information content (AvgIpc) is 2.77. The van der Waals surface area contributed by atoms with Crippen molar-refractivity contribution in [1.82, 2.24) is 10.3 Å². The van der Waals surface area contributed by atoms with E-state index in [0.29, 0.717) is 16.5 Å². The maximum Gasteiger partial charge on any atom is 0.409 e. The summed E-state index contributed by atoms with van der Waals surface area (Å²) in [7, 11) is -3.86. The van der Waals surface area contributed by atoms with Gasteiger partial charge in [-0.05, 0) is 38.5 Å². The first kappa shape index (κ1) is 20.5. The van der Waals surface area contributed by atoms with Crippen molar-refractivity contribution in [2.24, 2.45) is 0 Å². The van der Waals surface area contributed by atoms with Crippen LogP contribution in [0, 0.1) is 5.82 Å². The number of carbonyl (C=O) groups is 1. The van der Waals surface area contributed by atoms with Gasteiger partial charge in [-0.25, -0.2) is 13.4 Å². The molecule has 2 rings (SSSR count). The fourth-order valence-electron chi connectivity index (χ4n) is 2.30. The number of aromatic nitrogens is 1. The quantitative estimate of drug-likeness (QED) is 0.586. The summed E-state index contributed by atoms with van der Waals surface area (Å²) in [5, 5.41) is 2.82. The molecule has 10 heteroatoms. The summed E-state index contributed by atoms with van der Waals surface area (Å²) >= 11 is 5.75. The number of benzene rings is 1. The molecule has 0 saturated heterocycles. The number of hydrogen-bond acceptors (Lipinski definition) is 5. The Kier molecular flexibility index (Phi) is 5.84. The number of H-pyrrole nitrogens is 1. The van der Waals surface area contributed by atoms with Gasteiger partial charge in [0.25, 0.3) is 10.1 Å². The van der Waals surface area contributed by atoms with Gasteiger partial charge < -0.3 is 9.72 Å². The summed E-state index contributed by atoms with van der Waals surface area (Å²) in [6.45, 7) is 5.02. The van der Waals surface area contributed by atoms with E-state index in [1.807, 2.05) is 0 Å². The van der Waals surface area contributed by atoms with Crippen LogP contribution in [0.25, 0.3) is 10.9 Å². The van der Waals surface area contributed by atoms with Crippen LogP contribution >= 0.6 is 11.6 Å². The van der Waals surface area contributed by atoms with Crippen molar-refractivity contribution in [1.29, 1.82) is 0 Å². The molecule has 0 aliphatic rings. The minimum Gasteiger partial charge on any atom is -0.444 e. The molecule has 1 aromatic carbocycles. The lowest BCUT2D eigenvalue weighted by atomic mass is 10.1. The number of rotatable bonds is 5. The van der Waals surface area contributed by atoms with Gasteiger partial charge in [0, 0.05) is 23.5 Å². The molecule has 1 atom stereocenters. The van der Waals surface area contributed by atoms with Gasteiger partial charge in [-0.3, -0.25) is 5.32 Å². The number of fused-ring (bicyclic) bond motifs is 1. The molecule has 0 spiro atoms. The molecular formula is C16H20ClFN2O5S. The Hall–Kier alpha value is -1.84. The van der Waals surface area contributed by atoms with Crippen LogP contribution in [0.15, 0.2) is 18.3 Å². The molecule has 26 heavy (non-hydrogen) atoms. The lowest BCUT2D eigenvalue weighted by Crippen LogP contribution is -2.42. The number of alkyl carbamates (subject to hydrolysis) is 1. The van der Waals surface area contributed by atoms with Crippen molar-refractivity contribution in [3.63, 3.8) is 0 Å². The molecule has 0 unspecified atom stereocenters. The molecule has 7 nitrogen and oxygen atoms in total. The first-order valence-corrected chi connectivity index (χ1v) is 9.86. The van der Waals surface area contributed by atoms with Crippen LogP contribution in [0.2, 0.25) is 5.02 Å². The number of nitrogens with one attached hydrogen (secondary N) is 2. The van der Waals surface area contributed by atoms with Gasteiger partial charge in [0.15, 0.2) is 6.23 Å². The minimum atomic E-state index is -3.86. The second-order valence-corrected chi connectivity index (χ2v) is 8.77. The van der Waals surface area contributed by atoms with E-state index in [2.05, 4.69) is 10.3 Å². The first-order chi connectivity index (χ1) is 11.8. The largest absolute Gasteiger partial charge is 0.444 e. The van der Waals surface area contributed by atoms with E-state index in [-0.39, 0.29) is 11.4 Å². The maximum atomic E-state index is 13.7. The Morgan fingerprint density at radius 2 is 2.04 bits per heavy atom. The summed E-state index contributed by atoms with van der Waals surface area (Å²) in [5.41, 5.74) is 0.349. The van der Waals surface area contributed by atoms with Gasteiger partial charge in [0.2, 0.25) is 0 Å². The molecule has 0 bridgehead atoms. The summed E-state index contributed by atoms with van der Waals surface area (Å²) in [5.74, 6) is -0.610. The Balaban J connectivity index is 2.26. The third-order valence-corrected chi connectivity index (χ3v) is 4.05. The van der Waals surface area contributed by atoms with Crippen molar-refractivity contribution < 1.29 is 26.5 Å². The van der Waals surface area contributed by atoms with E-state index >= 15 is 0 Å². The van der Waals surface area contributed by atoms with Gasteiger partial charge in [0.1, 0.15) is 11.4 Å². The van der Waals surface area contributed by atoms with Crippen molar-refractivity contribution in [3.8, 4) is 0 Å². The highest BCUT2D eigenvalue weighted by atomic mass is 35.5. The molecular weight excluding hydrogens is 387 g/mol. The molecule has 2 aromatic rings. The molecule has 0 aliphatic heterocycles. The number of amides is 1. The van der Waals surface area contributed by atoms with Crippen molar-refractivity contribution >= 4 is 38.7 Å². The second-order valence-electron chi connectivity index (χ2n) is 6.77. The third kappa shape index (κ3) is 5.86. The van der Waals surface area contributed by atoms with Gasteiger partial charge in [-0.15, -0.1) is 0 Å². The number of ether oxygens (including phenoxy) is 1. The standard InChI is InChI=1S/C16H20ClFN2O5S/c1-16(2,3)24-15(21)20-14(25-26(4,22)23)5-9-8-19-13-7-11(17)12(18)6-10(9)13/h6-8,14,19H,5H2,1-4H3,(H,20,21)/t14-/m0/s1. The first-order valence-electron chi connectivity index (χ1n) is 7.67. The number of carbonyl (C=O) groups excluding carboxylic acids is 1. The van der Waals surface area contributed by atoms with Gasteiger partial charge in [-0.1, -0.05) is 11.6 Å². The van der Waals surface area contributed by atoms with Crippen molar-refractivity contribution in [2.45, 2.75) is 39.0 Å². The van der Waals surface area contributed by atoms with Crippen molar-refractivity contribution in [2.75, 3.05) is 6.26 Å². The molecule has 0 saturated carbocycles. The topological polar surface area (TPSA) is 97.5 Å². The number of aromatic amines is 1. The molecule has 0 fully saturated rings. The Bertz CT molecular complexity index is 921.